The number of nitrogens with zero attached hydrogens (tertiary/aromatic N) is 1. The first-order chi connectivity index (χ1) is 12.0. The number of nitrogens with one attached hydrogen (secondary N) is 2. The number of hydrogen-bond acceptors (Lipinski definition) is 4. The SMILES string of the molecule is O=C1CCC(c2c(F)cc(N3CC4(CCNCC4)C3)cc2F)C(=O)N1. The Kier molecular flexibility index (Phi) is 3.98. The molecule has 1 spiro atoms. The van der Waals surface area contributed by atoms with Crippen molar-refractivity contribution in [3.63, 3.8) is 0 Å². The summed E-state index contributed by atoms with van der Waals surface area (Å²) < 4.78 is 29.2. The van der Waals surface area contributed by atoms with Gasteiger partial charge >= 0.3 is 0 Å². The van der Waals surface area contributed by atoms with Gasteiger partial charge in [-0.15, -0.1) is 0 Å². The molecule has 1 aromatic rings. The van der Waals surface area contributed by atoms with Crippen molar-refractivity contribution in [2.45, 2.75) is 31.6 Å². The van der Waals surface area contributed by atoms with Gasteiger partial charge in [0.1, 0.15) is 11.6 Å². The molecule has 134 valence electrons. The predicted octanol–water partition coefficient (Wildman–Crippen LogP) is 1.67. The Morgan fingerprint density at radius 3 is 2.32 bits per heavy atom. The molecular weight excluding hydrogens is 328 g/mol. The maximum absolute atomic E-state index is 14.6. The summed E-state index contributed by atoms with van der Waals surface area (Å²) in [6.07, 6.45) is 2.41. The number of carbonyl (C=O) groups excluding carboxylic acids is 2. The molecule has 3 aliphatic heterocycles. The molecule has 4 rings (SSSR count). The van der Waals surface area contributed by atoms with E-state index in [4.69, 9.17) is 0 Å². The molecule has 1 aromatic carbocycles. The molecule has 0 aliphatic carbocycles. The van der Waals surface area contributed by atoms with E-state index in [1.54, 1.807) is 0 Å². The quantitative estimate of drug-likeness (QED) is 0.798. The highest BCUT2D eigenvalue weighted by molar-refractivity contribution is 6.01. The van der Waals surface area contributed by atoms with E-state index in [1.807, 2.05) is 4.90 Å². The zero-order valence-corrected chi connectivity index (χ0v) is 13.9. The van der Waals surface area contributed by atoms with Gasteiger partial charge in [-0.05, 0) is 44.5 Å². The van der Waals surface area contributed by atoms with Gasteiger partial charge in [-0.25, -0.2) is 8.78 Å². The smallest absolute Gasteiger partial charge is 0.234 e. The van der Waals surface area contributed by atoms with Gasteiger partial charge in [-0.3, -0.25) is 14.9 Å². The van der Waals surface area contributed by atoms with Crippen molar-refractivity contribution in [2.75, 3.05) is 31.1 Å². The van der Waals surface area contributed by atoms with Crippen molar-refractivity contribution in [3.8, 4) is 0 Å². The van der Waals surface area contributed by atoms with Gasteiger partial charge in [0.15, 0.2) is 0 Å². The Morgan fingerprint density at radius 2 is 1.72 bits per heavy atom. The third-order valence-electron chi connectivity index (χ3n) is 5.73. The summed E-state index contributed by atoms with van der Waals surface area (Å²) in [5.41, 5.74) is 0.557. The molecule has 3 saturated heterocycles. The van der Waals surface area contributed by atoms with Crippen LogP contribution in [0.15, 0.2) is 12.1 Å². The molecule has 2 N–H and O–H groups in total. The van der Waals surface area contributed by atoms with Gasteiger partial charge in [0.25, 0.3) is 0 Å². The van der Waals surface area contributed by atoms with Crippen molar-refractivity contribution < 1.29 is 18.4 Å². The Bertz CT molecular complexity index is 700. The van der Waals surface area contributed by atoms with E-state index in [0.717, 1.165) is 39.0 Å². The largest absolute Gasteiger partial charge is 0.370 e. The van der Waals surface area contributed by atoms with Crippen LogP contribution in [-0.2, 0) is 9.59 Å². The Hall–Kier alpha value is -2.02. The lowest BCUT2D eigenvalue weighted by atomic mass is 9.72. The maximum atomic E-state index is 14.6. The van der Waals surface area contributed by atoms with Crippen molar-refractivity contribution in [1.82, 2.24) is 10.6 Å². The first kappa shape index (κ1) is 16.4. The lowest BCUT2D eigenvalue weighted by molar-refractivity contribution is -0.134. The summed E-state index contributed by atoms with van der Waals surface area (Å²) in [5, 5.41) is 5.49. The normalized spacial score (nSPS) is 25.7. The van der Waals surface area contributed by atoms with Gasteiger partial charge in [0.2, 0.25) is 11.8 Å². The molecule has 5 nitrogen and oxygen atoms in total. The second-order valence-corrected chi connectivity index (χ2v) is 7.43. The second-order valence-electron chi connectivity index (χ2n) is 7.43. The molecule has 3 heterocycles. The van der Waals surface area contributed by atoms with E-state index in [1.165, 1.54) is 12.1 Å². The van der Waals surface area contributed by atoms with Crippen LogP contribution in [-0.4, -0.2) is 38.0 Å². The van der Waals surface area contributed by atoms with Gasteiger partial charge in [0.05, 0.1) is 5.92 Å². The average Bonchev–Trinajstić information content (AvgIpc) is 2.54. The van der Waals surface area contributed by atoms with Crippen LogP contribution in [0.4, 0.5) is 14.5 Å². The number of imide groups is 1. The van der Waals surface area contributed by atoms with Crippen LogP contribution in [0.3, 0.4) is 0 Å². The zero-order chi connectivity index (χ0) is 17.6. The van der Waals surface area contributed by atoms with Crippen molar-refractivity contribution >= 4 is 17.5 Å². The number of amides is 2. The fraction of sp³-hybridized carbons (Fsp3) is 0.556. The monoisotopic (exact) mass is 349 g/mol. The molecule has 0 saturated carbocycles. The first-order valence-electron chi connectivity index (χ1n) is 8.76. The van der Waals surface area contributed by atoms with Crippen molar-refractivity contribution in [2.24, 2.45) is 5.41 Å². The third kappa shape index (κ3) is 2.90. The highest BCUT2D eigenvalue weighted by atomic mass is 19.1. The van der Waals surface area contributed by atoms with E-state index in [2.05, 4.69) is 10.6 Å². The Labute approximate surface area is 144 Å². The summed E-state index contributed by atoms with van der Waals surface area (Å²) in [6.45, 7) is 3.60. The Balaban J connectivity index is 1.53. The van der Waals surface area contributed by atoms with E-state index in [-0.39, 0.29) is 23.8 Å². The number of benzene rings is 1. The standard InChI is InChI=1S/C18H21F2N3O2/c19-13-7-11(23-9-18(10-23)3-5-21-6-4-18)8-14(20)16(13)12-1-2-15(24)22-17(12)25/h7-8,12,21H,1-6,9-10H2,(H,22,24,25). The molecule has 3 fully saturated rings. The number of rotatable bonds is 2. The fourth-order valence-electron chi connectivity index (χ4n) is 4.27. The van der Waals surface area contributed by atoms with Gasteiger partial charge in [0, 0.05) is 36.2 Å². The zero-order valence-electron chi connectivity index (χ0n) is 13.9. The lowest BCUT2D eigenvalue weighted by Gasteiger charge is -2.53. The van der Waals surface area contributed by atoms with Crippen LogP contribution in [0.25, 0.3) is 0 Å². The fourth-order valence-corrected chi connectivity index (χ4v) is 4.27. The Morgan fingerprint density at radius 1 is 1.08 bits per heavy atom. The van der Waals surface area contributed by atoms with Crippen LogP contribution in [0, 0.1) is 17.0 Å². The molecule has 0 aromatic heterocycles. The number of halogens is 2. The van der Waals surface area contributed by atoms with Crippen LogP contribution >= 0.6 is 0 Å². The van der Waals surface area contributed by atoms with Crippen LogP contribution in [0.2, 0.25) is 0 Å². The van der Waals surface area contributed by atoms with Gasteiger partial charge in [-0.2, -0.15) is 0 Å². The minimum Gasteiger partial charge on any atom is -0.370 e. The van der Waals surface area contributed by atoms with E-state index < -0.39 is 29.4 Å². The molecular formula is C18H21F2N3O2. The minimum absolute atomic E-state index is 0.0969. The van der Waals surface area contributed by atoms with Crippen LogP contribution < -0.4 is 15.5 Å². The first-order valence-corrected chi connectivity index (χ1v) is 8.76. The summed E-state index contributed by atoms with van der Waals surface area (Å²) in [4.78, 5) is 25.1. The molecule has 0 radical (unpaired) electrons. The van der Waals surface area contributed by atoms with Crippen molar-refractivity contribution in [3.05, 3.63) is 29.3 Å². The summed E-state index contributed by atoms with van der Waals surface area (Å²) in [5.74, 6) is -3.39. The molecule has 3 aliphatic rings. The lowest BCUT2D eigenvalue weighted by Crippen LogP contribution is -2.60. The van der Waals surface area contributed by atoms with Crippen LogP contribution in [0.1, 0.15) is 37.2 Å². The average molecular weight is 349 g/mol. The van der Waals surface area contributed by atoms with Crippen LogP contribution in [0.5, 0.6) is 0 Å². The van der Waals surface area contributed by atoms with E-state index in [0.29, 0.717) is 5.69 Å². The molecule has 25 heavy (non-hydrogen) atoms. The second kappa shape index (κ2) is 6.05. The van der Waals surface area contributed by atoms with Crippen molar-refractivity contribution in [1.29, 1.82) is 0 Å². The summed E-state index contributed by atoms with van der Waals surface area (Å²) >= 11 is 0. The minimum atomic E-state index is -0.945. The summed E-state index contributed by atoms with van der Waals surface area (Å²) in [6, 6.07) is 2.63. The molecule has 2 amide bonds. The highest BCUT2D eigenvalue weighted by Crippen LogP contribution is 2.42. The number of anilines is 1. The number of carbonyl (C=O) groups is 2. The van der Waals surface area contributed by atoms with Gasteiger partial charge < -0.3 is 10.2 Å². The molecule has 1 atom stereocenters. The van der Waals surface area contributed by atoms with Gasteiger partial charge in [-0.1, -0.05) is 0 Å². The maximum Gasteiger partial charge on any atom is 0.234 e. The van der Waals surface area contributed by atoms with E-state index >= 15 is 0 Å². The molecule has 0 bridgehead atoms. The topological polar surface area (TPSA) is 61.4 Å². The number of hydrogen-bond donors (Lipinski definition) is 2. The number of piperidine rings is 2. The molecule has 1 unspecified atom stereocenters. The van der Waals surface area contributed by atoms with E-state index in [9.17, 15) is 18.4 Å². The predicted molar refractivity (Wildman–Crippen MR) is 88.2 cm³/mol. The summed E-state index contributed by atoms with van der Waals surface area (Å²) in [7, 11) is 0. The highest BCUT2D eigenvalue weighted by Gasteiger charge is 2.44. The third-order valence-corrected chi connectivity index (χ3v) is 5.73. The molecule has 7 heteroatoms.